The van der Waals surface area contributed by atoms with Crippen LogP contribution in [0.3, 0.4) is 0 Å². The largest absolute Gasteiger partial charge is 0.484 e. The fraction of sp³-hybridized carbons (Fsp3) is 0.394. The van der Waals surface area contributed by atoms with E-state index >= 15 is 0 Å². The maximum Gasteiger partial charge on any atom is 0.261 e. The molecule has 1 fully saturated rings. The molecular formula is C33H39ClN2O3. The van der Waals surface area contributed by atoms with Crippen LogP contribution in [-0.2, 0) is 22.6 Å². The number of hydrogen-bond donors (Lipinski definition) is 1. The van der Waals surface area contributed by atoms with E-state index in [0.29, 0.717) is 23.1 Å². The van der Waals surface area contributed by atoms with Crippen molar-refractivity contribution in [2.75, 3.05) is 6.61 Å². The molecule has 1 N–H and O–H groups in total. The van der Waals surface area contributed by atoms with Gasteiger partial charge in [0.05, 0.1) is 0 Å². The summed E-state index contributed by atoms with van der Waals surface area (Å²) >= 11 is 6.28. The first-order chi connectivity index (χ1) is 18.9. The van der Waals surface area contributed by atoms with E-state index < -0.39 is 6.04 Å². The number of carbonyl (C=O) groups is 2. The van der Waals surface area contributed by atoms with Crippen molar-refractivity contribution in [3.05, 3.63) is 101 Å². The third-order valence-corrected chi connectivity index (χ3v) is 7.61. The van der Waals surface area contributed by atoms with Crippen molar-refractivity contribution in [3.63, 3.8) is 0 Å². The highest BCUT2D eigenvalue weighted by Crippen LogP contribution is 2.22. The normalized spacial score (nSPS) is 14.6. The lowest BCUT2D eigenvalue weighted by molar-refractivity contribution is -0.143. The summed E-state index contributed by atoms with van der Waals surface area (Å²) in [5.41, 5.74) is 3.06. The molecule has 0 radical (unpaired) electrons. The van der Waals surface area contributed by atoms with E-state index in [1.807, 2.05) is 72.8 Å². The Hall–Kier alpha value is -3.31. The highest BCUT2D eigenvalue weighted by atomic mass is 35.5. The summed E-state index contributed by atoms with van der Waals surface area (Å²) in [6, 6.07) is 24.6. The molecule has 1 aliphatic carbocycles. The summed E-state index contributed by atoms with van der Waals surface area (Å²) in [4.78, 5) is 29.3. The van der Waals surface area contributed by atoms with Crippen molar-refractivity contribution < 1.29 is 14.3 Å². The molecule has 0 spiro atoms. The van der Waals surface area contributed by atoms with Gasteiger partial charge in [0.2, 0.25) is 5.91 Å². The van der Waals surface area contributed by atoms with Crippen molar-refractivity contribution in [2.24, 2.45) is 0 Å². The summed E-state index contributed by atoms with van der Waals surface area (Å²) < 4.78 is 5.93. The molecule has 0 aromatic heterocycles. The standard InChI is InChI=1S/C33H39ClN2O3/c1-24(2)27-16-18-30(19-17-27)39-23-32(37)36(22-26-12-9-13-28(34)20-26)31(21-25-10-5-3-6-11-25)33(38)35-29-14-7-4-8-15-29/h3,5-6,9-13,16-20,24,29,31H,4,7-8,14-15,21-23H2,1-2H3,(H,35,38)/t31-/m1/s1. The van der Waals surface area contributed by atoms with Crippen molar-refractivity contribution in [3.8, 4) is 5.75 Å². The number of carbonyl (C=O) groups excluding carboxylic acids is 2. The lowest BCUT2D eigenvalue weighted by atomic mass is 9.94. The summed E-state index contributed by atoms with van der Waals surface area (Å²) in [5, 5.41) is 3.85. The molecule has 3 aromatic carbocycles. The monoisotopic (exact) mass is 546 g/mol. The van der Waals surface area contributed by atoms with Crippen LogP contribution in [0.15, 0.2) is 78.9 Å². The smallest absolute Gasteiger partial charge is 0.261 e. The van der Waals surface area contributed by atoms with Gasteiger partial charge in [-0.3, -0.25) is 9.59 Å². The molecule has 1 atom stereocenters. The molecule has 206 valence electrons. The molecule has 0 aliphatic heterocycles. The second-order valence-corrected chi connectivity index (χ2v) is 11.1. The zero-order valence-corrected chi connectivity index (χ0v) is 23.7. The minimum atomic E-state index is -0.687. The van der Waals surface area contributed by atoms with Crippen molar-refractivity contribution in [1.29, 1.82) is 0 Å². The molecule has 5 nitrogen and oxygen atoms in total. The first-order valence-corrected chi connectivity index (χ1v) is 14.4. The number of ether oxygens (including phenoxy) is 1. The van der Waals surface area contributed by atoms with Gasteiger partial charge in [-0.2, -0.15) is 0 Å². The number of nitrogens with one attached hydrogen (secondary N) is 1. The quantitative estimate of drug-likeness (QED) is 0.283. The Morgan fingerprint density at radius 1 is 0.923 bits per heavy atom. The predicted molar refractivity (Wildman–Crippen MR) is 157 cm³/mol. The molecule has 4 rings (SSSR count). The Labute approximate surface area is 237 Å². The van der Waals surface area contributed by atoms with Gasteiger partial charge in [0, 0.05) is 24.0 Å². The van der Waals surface area contributed by atoms with E-state index in [4.69, 9.17) is 16.3 Å². The lowest BCUT2D eigenvalue weighted by Gasteiger charge is -2.33. The van der Waals surface area contributed by atoms with Crippen molar-refractivity contribution >= 4 is 23.4 Å². The Morgan fingerprint density at radius 2 is 1.62 bits per heavy atom. The number of hydrogen-bond acceptors (Lipinski definition) is 3. The third-order valence-electron chi connectivity index (χ3n) is 7.37. The summed E-state index contributed by atoms with van der Waals surface area (Å²) in [7, 11) is 0. The third kappa shape index (κ3) is 8.59. The zero-order valence-electron chi connectivity index (χ0n) is 22.9. The molecule has 0 bridgehead atoms. The first kappa shape index (κ1) is 28.7. The van der Waals surface area contributed by atoms with Crippen LogP contribution in [0.5, 0.6) is 5.75 Å². The Balaban J connectivity index is 1.59. The highest BCUT2D eigenvalue weighted by Gasteiger charge is 2.32. The van der Waals surface area contributed by atoms with E-state index in [1.54, 1.807) is 11.0 Å². The van der Waals surface area contributed by atoms with Crippen LogP contribution in [0.4, 0.5) is 0 Å². The second kappa shape index (κ2) is 14.2. The van der Waals surface area contributed by atoms with E-state index in [2.05, 4.69) is 19.2 Å². The lowest BCUT2D eigenvalue weighted by Crippen LogP contribution is -2.53. The Bertz CT molecular complexity index is 1210. The number of rotatable bonds is 11. The molecule has 3 aromatic rings. The minimum Gasteiger partial charge on any atom is -0.484 e. The number of benzene rings is 3. The maximum absolute atomic E-state index is 13.8. The Kier molecular flexibility index (Phi) is 10.4. The van der Waals surface area contributed by atoms with Gasteiger partial charge in [-0.05, 0) is 59.7 Å². The average Bonchev–Trinajstić information content (AvgIpc) is 2.95. The van der Waals surface area contributed by atoms with Gasteiger partial charge >= 0.3 is 0 Å². The van der Waals surface area contributed by atoms with Gasteiger partial charge in [0.25, 0.3) is 5.91 Å². The fourth-order valence-electron chi connectivity index (χ4n) is 5.11. The maximum atomic E-state index is 13.8. The van der Waals surface area contributed by atoms with Gasteiger partial charge in [0.15, 0.2) is 6.61 Å². The molecular weight excluding hydrogens is 508 g/mol. The Morgan fingerprint density at radius 3 is 2.28 bits per heavy atom. The first-order valence-electron chi connectivity index (χ1n) is 14.0. The molecule has 1 saturated carbocycles. The zero-order chi connectivity index (χ0) is 27.6. The summed E-state index contributed by atoms with van der Waals surface area (Å²) in [6.07, 6.45) is 5.79. The van der Waals surface area contributed by atoms with Gasteiger partial charge < -0.3 is 15.0 Å². The predicted octanol–water partition coefficient (Wildman–Crippen LogP) is 6.93. The molecule has 1 aliphatic rings. The SMILES string of the molecule is CC(C)c1ccc(OCC(=O)N(Cc2cccc(Cl)c2)[C@H](Cc2ccccc2)C(=O)NC2CCCCC2)cc1. The van der Waals surface area contributed by atoms with Crippen LogP contribution in [-0.4, -0.2) is 35.4 Å². The van der Waals surface area contributed by atoms with E-state index in [-0.39, 0.29) is 31.0 Å². The number of nitrogens with zero attached hydrogens (tertiary/aromatic N) is 1. The highest BCUT2D eigenvalue weighted by molar-refractivity contribution is 6.30. The number of amides is 2. The van der Waals surface area contributed by atoms with Gasteiger partial charge in [-0.15, -0.1) is 0 Å². The van der Waals surface area contributed by atoms with Crippen LogP contribution in [0.2, 0.25) is 5.02 Å². The molecule has 39 heavy (non-hydrogen) atoms. The molecule has 0 unspecified atom stereocenters. The van der Waals surface area contributed by atoms with Gasteiger partial charge in [-0.1, -0.05) is 99.3 Å². The summed E-state index contributed by atoms with van der Waals surface area (Å²) in [5.74, 6) is 0.669. The molecule has 6 heteroatoms. The van der Waals surface area contributed by atoms with E-state index in [1.165, 1.54) is 12.0 Å². The summed E-state index contributed by atoms with van der Waals surface area (Å²) in [6.45, 7) is 4.37. The fourth-order valence-corrected chi connectivity index (χ4v) is 5.32. The van der Waals surface area contributed by atoms with Crippen molar-refractivity contribution in [2.45, 2.75) is 76.9 Å². The van der Waals surface area contributed by atoms with Gasteiger partial charge in [-0.25, -0.2) is 0 Å². The minimum absolute atomic E-state index is 0.123. The van der Waals surface area contributed by atoms with Crippen LogP contribution in [0.1, 0.15) is 68.6 Å². The van der Waals surface area contributed by atoms with Crippen LogP contribution >= 0.6 is 11.6 Å². The molecule has 0 heterocycles. The second-order valence-electron chi connectivity index (χ2n) is 10.7. The van der Waals surface area contributed by atoms with Crippen LogP contribution in [0, 0.1) is 0 Å². The number of halogens is 1. The van der Waals surface area contributed by atoms with E-state index in [0.717, 1.165) is 36.8 Å². The molecule has 2 amide bonds. The van der Waals surface area contributed by atoms with Crippen molar-refractivity contribution in [1.82, 2.24) is 10.2 Å². The van der Waals surface area contributed by atoms with Gasteiger partial charge in [0.1, 0.15) is 11.8 Å². The van der Waals surface area contributed by atoms with E-state index in [9.17, 15) is 9.59 Å². The van der Waals surface area contributed by atoms with Crippen LogP contribution < -0.4 is 10.1 Å². The topological polar surface area (TPSA) is 58.6 Å². The van der Waals surface area contributed by atoms with Crippen LogP contribution in [0.25, 0.3) is 0 Å². The average molecular weight is 547 g/mol. The molecule has 0 saturated heterocycles.